The Morgan fingerprint density at radius 1 is 1.14 bits per heavy atom. The molecule has 3 rings (SSSR count). The van der Waals surface area contributed by atoms with Crippen molar-refractivity contribution < 1.29 is 22.3 Å². The molecule has 2 N–H and O–H groups in total. The Morgan fingerprint density at radius 3 is 2.45 bits per heavy atom. The summed E-state index contributed by atoms with van der Waals surface area (Å²) >= 11 is 0. The summed E-state index contributed by atoms with van der Waals surface area (Å²) in [5.74, 6) is 0.651. The predicted octanol–water partition coefficient (Wildman–Crippen LogP) is 5.55. The van der Waals surface area contributed by atoms with E-state index in [0.29, 0.717) is 11.8 Å². The second-order valence-electron chi connectivity index (χ2n) is 8.04. The minimum atomic E-state index is -2.88. The number of nitrogens with zero attached hydrogens (tertiary/aromatic N) is 2. The zero-order valence-electron chi connectivity index (χ0n) is 16.4. The van der Waals surface area contributed by atoms with Gasteiger partial charge in [-0.15, -0.1) is 0 Å². The first kappa shape index (κ1) is 21.5. The van der Waals surface area contributed by atoms with Crippen LogP contribution >= 0.6 is 0 Å². The third-order valence-electron chi connectivity index (χ3n) is 5.07. The number of nitrogens with two attached hydrogens (primary N) is 1. The number of aromatic nitrogens is 2. The summed E-state index contributed by atoms with van der Waals surface area (Å²) in [5, 5.41) is 0. The number of halogens is 4. The molecule has 1 saturated carbocycles. The smallest absolute Gasteiger partial charge is 0.284 e. The molecule has 1 atom stereocenters. The summed E-state index contributed by atoms with van der Waals surface area (Å²) < 4.78 is 58.7. The van der Waals surface area contributed by atoms with Crippen molar-refractivity contribution in [1.29, 1.82) is 0 Å². The zero-order chi connectivity index (χ0) is 21.2. The standard InChI is InChI=1S/C21H25F4N3O/c1-12(2)10-21(26,14-3-4-14)11-29-17-6-5-15(28-18(17)20(24)25)13-7-8-27-16(9-13)19(22)23/h5-9,12,14,19-20H,3-4,10-11,26H2,1-2H3. The summed E-state index contributed by atoms with van der Waals surface area (Å²) in [7, 11) is 0. The van der Waals surface area contributed by atoms with Gasteiger partial charge in [0.25, 0.3) is 12.9 Å². The third-order valence-corrected chi connectivity index (χ3v) is 5.07. The van der Waals surface area contributed by atoms with Crippen LogP contribution < -0.4 is 10.5 Å². The average Bonchev–Trinajstić information content (AvgIpc) is 3.51. The average molecular weight is 411 g/mol. The maximum Gasteiger partial charge on any atom is 0.284 e. The number of hydrogen-bond donors (Lipinski definition) is 1. The first-order chi connectivity index (χ1) is 13.7. The van der Waals surface area contributed by atoms with Gasteiger partial charge in [0.2, 0.25) is 0 Å². The summed E-state index contributed by atoms with van der Waals surface area (Å²) in [6, 6.07) is 5.46. The van der Waals surface area contributed by atoms with E-state index in [2.05, 4.69) is 23.8 Å². The predicted molar refractivity (Wildman–Crippen MR) is 102 cm³/mol. The topological polar surface area (TPSA) is 61.0 Å². The van der Waals surface area contributed by atoms with Crippen LogP contribution in [0.15, 0.2) is 30.5 Å². The second-order valence-corrected chi connectivity index (χ2v) is 8.04. The van der Waals surface area contributed by atoms with E-state index < -0.39 is 29.8 Å². The molecule has 0 saturated heterocycles. The number of pyridine rings is 2. The molecule has 2 aromatic rings. The van der Waals surface area contributed by atoms with Gasteiger partial charge in [-0.2, -0.15) is 0 Å². The van der Waals surface area contributed by atoms with Crippen molar-refractivity contribution >= 4 is 0 Å². The van der Waals surface area contributed by atoms with Crippen LogP contribution in [0.4, 0.5) is 17.6 Å². The normalized spacial score (nSPS) is 16.5. The number of ether oxygens (including phenoxy) is 1. The lowest BCUT2D eigenvalue weighted by molar-refractivity contribution is 0.129. The molecule has 0 bridgehead atoms. The van der Waals surface area contributed by atoms with Crippen LogP contribution in [-0.2, 0) is 0 Å². The molecule has 0 spiro atoms. The van der Waals surface area contributed by atoms with Gasteiger partial charge in [0.1, 0.15) is 23.7 Å². The van der Waals surface area contributed by atoms with Crippen LogP contribution in [0.5, 0.6) is 5.75 Å². The highest BCUT2D eigenvalue weighted by Gasteiger charge is 2.43. The van der Waals surface area contributed by atoms with E-state index in [1.165, 1.54) is 24.4 Å². The van der Waals surface area contributed by atoms with Crippen LogP contribution in [0.1, 0.15) is 57.3 Å². The van der Waals surface area contributed by atoms with Crippen molar-refractivity contribution in [2.24, 2.45) is 17.6 Å². The molecule has 0 aromatic carbocycles. The van der Waals surface area contributed by atoms with Crippen LogP contribution in [0.3, 0.4) is 0 Å². The summed E-state index contributed by atoms with van der Waals surface area (Å²) in [6.07, 6.45) is -1.66. The van der Waals surface area contributed by atoms with Crippen molar-refractivity contribution in [3.05, 3.63) is 41.9 Å². The summed E-state index contributed by atoms with van der Waals surface area (Å²) in [4.78, 5) is 7.55. The summed E-state index contributed by atoms with van der Waals surface area (Å²) in [6.45, 7) is 4.25. The molecule has 1 aliphatic carbocycles. The van der Waals surface area contributed by atoms with Crippen LogP contribution in [0, 0.1) is 11.8 Å². The fourth-order valence-electron chi connectivity index (χ4n) is 3.60. The van der Waals surface area contributed by atoms with Crippen LogP contribution in [0.25, 0.3) is 11.3 Å². The Hall–Kier alpha value is -2.22. The van der Waals surface area contributed by atoms with Crippen molar-refractivity contribution in [1.82, 2.24) is 9.97 Å². The van der Waals surface area contributed by atoms with Gasteiger partial charge in [-0.3, -0.25) is 4.98 Å². The Morgan fingerprint density at radius 2 is 1.86 bits per heavy atom. The first-order valence-electron chi connectivity index (χ1n) is 9.65. The lowest BCUT2D eigenvalue weighted by atomic mass is 9.86. The maximum atomic E-state index is 13.6. The van der Waals surface area contributed by atoms with Gasteiger partial charge in [-0.25, -0.2) is 22.5 Å². The quantitative estimate of drug-likeness (QED) is 0.550. The molecule has 0 radical (unpaired) electrons. The molecule has 2 aromatic heterocycles. The van der Waals surface area contributed by atoms with E-state index in [4.69, 9.17) is 10.5 Å². The first-order valence-corrected chi connectivity index (χ1v) is 9.65. The molecule has 1 unspecified atom stereocenters. The van der Waals surface area contributed by atoms with Crippen molar-refractivity contribution in [2.75, 3.05) is 6.61 Å². The van der Waals surface area contributed by atoms with Gasteiger partial charge in [0.05, 0.1) is 11.2 Å². The Balaban J connectivity index is 1.84. The van der Waals surface area contributed by atoms with Gasteiger partial charge < -0.3 is 10.5 Å². The molecule has 1 aliphatic rings. The highest BCUT2D eigenvalue weighted by molar-refractivity contribution is 5.60. The van der Waals surface area contributed by atoms with Gasteiger partial charge in [-0.05, 0) is 55.4 Å². The molecule has 29 heavy (non-hydrogen) atoms. The Labute approximate surface area is 167 Å². The monoisotopic (exact) mass is 411 g/mol. The molecule has 1 fully saturated rings. The SMILES string of the molecule is CC(C)CC(N)(COc1ccc(-c2ccnc(C(F)F)c2)nc1C(F)F)C1CC1. The van der Waals surface area contributed by atoms with Gasteiger partial charge >= 0.3 is 0 Å². The van der Waals surface area contributed by atoms with E-state index >= 15 is 0 Å². The largest absolute Gasteiger partial charge is 0.490 e. The van der Waals surface area contributed by atoms with Gasteiger partial charge in [0, 0.05) is 11.8 Å². The Kier molecular flexibility index (Phi) is 6.41. The van der Waals surface area contributed by atoms with Crippen molar-refractivity contribution in [3.63, 3.8) is 0 Å². The highest BCUT2D eigenvalue weighted by Crippen LogP contribution is 2.42. The van der Waals surface area contributed by atoms with E-state index in [9.17, 15) is 17.6 Å². The lowest BCUT2D eigenvalue weighted by Crippen LogP contribution is -2.49. The maximum absolute atomic E-state index is 13.6. The van der Waals surface area contributed by atoms with E-state index in [1.54, 1.807) is 0 Å². The zero-order valence-corrected chi connectivity index (χ0v) is 16.4. The molecule has 4 nitrogen and oxygen atoms in total. The minimum absolute atomic E-state index is 0.0360. The third kappa shape index (κ3) is 5.23. The number of hydrogen-bond acceptors (Lipinski definition) is 4. The minimum Gasteiger partial charge on any atom is -0.490 e. The number of rotatable bonds is 9. The van der Waals surface area contributed by atoms with Gasteiger partial charge in [-0.1, -0.05) is 13.8 Å². The molecule has 8 heteroatoms. The van der Waals surface area contributed by atoms with Crippen molar-refractivity contribution in [3.8, 4) is 17.0 Å². The highest BCUT2D eigenvalue weighted by atomic mass is 19.3. The molecule has 2 heterocycles. The second kappa shape index (κ2) is 8.65. The van der Waals surface area contributed by atoms with E-state index in [-0.39, 0.29) is 23.6 Å². The molecule has 158 valence electrons. The molecular formula is C21H25F4N3O. The fourth-order valence-corrected chi connectivity index (χ4v) is 3.60. The van der Waals surface area contributed by atoms with Crippen LogP contribution in [0.2, 0.25) is 0 Å². The van der Waals surface area contributed by atoms with E-state index in [0.717, 1.165) is 25.3 Å². The van der Waals surface area contributed by atoms with Crippen molar-refractivity contribution in [2.45, 2.75) is 51.5 Å². The van der Waals surface area contributed by atoms with Gasteiger partial charge in [0.15, 0.2) is 0 Å². The lowest BCUT2D eigenvalue weighted by Gasteiger charge is -2.31. The molecular weight excluding hydrogens is 386 g/mol. The Bertz CT molecular complexity index is 842. The fraction of sp³-hybridized carbons (Fsp3) is 0.524. The molecule has 0 amide bonds. The summed E-state index contributed by atoms with van der Waals surface area (Å²) in [5.41, 5.74) is 5.44. The molecule has 0 aliphatic heterocycles. The van der Waals surface area contributed by atoms with E-state index in [1.807, 2.05) is 0 Å². The number of alkyl halides is 4. The van der Waals surface area contributed by atoms with Crippen LogP contribution in [-0.4, -0.2) is 22.1 Å².